The lowest BCUT2D eigenvalue weighted by Crippen LogP contribution is -2.24. The summed E-state index contributed by atoms with van der Waals surface area (Å²) in [7, 11) is 2.02. The first-order valence-corrected chi connectivity index (χ1v) is 12.1. The molecule has 3 aromatic rings. The van der Waals surface area contributed by atoms with Gasteiger partial charge in [0.1, 0.15) is 11.5 Å². The van der Waals surface area contributed by atoms with Crippen LogP contribution in [-0.4, -0.2) is 46.2 Å². The van der Waals surface area contributed by atoms with Gasteiger partial charge >= 0.3 is 0 Å². The van der Waals surface area contributed by atoms with Crippen molar-refractivity contribution in [3.8, 4) is 28.3 Å². The smallest absolute Gasteiger partial charge is 0.159 e. The lowest BCUT2D eigenvalue weighted by Gasteiger charge is -2.18. The molecular weight excluding hydrogens is 446 g/mol. The van der Waals surface area contributed by atoms with Crippen LogP contribution in [0.3, 0.4) is 0 Å². The zero-order valence-corrected chi connectivity index (χ0v) is 21.4. The number of aliphatic hydroxyl groups excluding tert-OH is 1. The number of hydrogen-bond donors (Lipinski definition) is 1. The van der Waals surface area contributed by atoms with Crippen LogP contribution in [-0.2, 0) is 12.8 Å². The molecule has 0 unspecified atom stereocenters. The number of rotatable bonds is 10. The normalized spacial score (nSPS) is 11.9. The minimum absolute atomic E-state index is 0.0585. The minimum Gasteiger partial charge on any atom is -0.511 e. The zero-order valence-electron chi connectivity index (χ0n) is 20.7. The van der Waals surface area contributed by atoms with Crippen LogP contribution in [0.1, 0.15) is 38.8 Å². The SMILES string of the molecule is C/C=C(/O)CN(C)CCc1cccc(-c2cnc(-c3ccc(OC(C)C)c(Cl)c3)nc2)c1CC. The third-order valence-electron chi connectivity index (χ3n) is 5.67. The molecule has 0 atom stereocenters. The highest BCUT2D eigenvalue weighted by Crippen LogP contribution is 2.31. The Bertz CT molecular complexity index is 1130. The second kappa shape index (κ2) is 12.0. The van der Waals surface area contributed by atoms with E-state index >= 15 is 0 Å². The zero-order chi connectivity index (χ0) is 24.7. The summed E-state index contributed by atoms with van der Waals surface area (Å²) in [5.41, 5.74) is 5.62. The Morgan fingerprint density at radius 1 is 1.15 bits per heavy atom. The van der Waals surface area contributed by atoms with E-state index in [0.29, 0.717) is 28.9 Å². The Morgan fingerprint density at radius 2 is 1.88 bits per heavy atom. The van der Waals surface area contributed by atoms with Crippen LogP contribution in [0.5, 0.6) is 5.75 Å². The highest BCUT2D eigenvalue weighted by molar-refractivity contribution is 6.32. The Labute approximate surface area is 208 Å². The van der Waals surface area contributed by atoms with Crippen molar-refractivity contribution in [2.24, 2.45) is 0 Å². The molecule has 6 heteroatoms. The lowest BCUT2D eigenvalue weighted by molar-refractivity contribution is 0.242. The first kappa shape index (κ1) is 25.7. The first-order chi connectivity index (χ1) is 16.3. The van der Waals surface area contributed by atoms with Gasteiger partial charge in [0.2, 0.25) is 0 Å². The molecular formula is C28H34ClN3O2. The molecule has 0 aliphatic rings. The number of ether oxygens (including phenoxy) is 1. The highest BCUT2D eigenvalue weighted by atomic mass is 35.5. The first-order valence-electron chi connectivity index (χ1n) is 11.7. The molecule has 5 nitrogen and oxygen atoms in total. The van der Waals surface area contributed by atoms with Crippen molar-refractivity contribution in [2.75, 3.05) is 20.1 Å². The Hall–Kier alpha value is -2.89. The largest absolute Gasteiger partial charge is 0.511 e. The van der Waals surface area contributed by atoms with Crippen LogP contribution in [0, 0.1) is 0 Å². The van der Waals surface area contributed by atoms with Gasteiger partial charge in [-0.2, -0.15) is 0 Å². The van der Waals surface area contributed by atoms with Crippen LogP contribution in [0.4, 0.5) is 0 Å². The van der Waals surface area contributed by atoms with Crippen molar-refractivity contribution >= 4 is 11.6 Å². The van der Waals surface area contributed by atoms with Gasteiger partial charge in [0, 0.05) is 30.1 Å². The highest BCUT2D eigenvalue weighted by Gasteiger charge is 2.13. The van der Waals surface area contributed by atoms with Crippen molar-refractivity contribution in [1.29, 1.82) is 0 Å². The number of aromatic nitrogens is 2. The third-order valence-corrected chi connectivity index (χ3v) is 5.97. The molecule has 1 heterocycles. The number of halogens is 1. The van der Waals surface area contributed by atoms with Crippen LogP contribution >= 0.6 is 11.6 Å². The van der Waals surface area contributed by atoms with Crippen molar-refractivity contribution < 1.29 is 9.84 Å². The maximum Gasteiger partial charge on any atom is 0.159 e. The van der Waals surface area contributed by atoms with E-state index in [1.165, 1.54) is 11.1 Å². The molecule has 0 amide bonds. The topological polar surface area (TPSA) is 58.5 Å². The second-order valence-corrected chi connectivity index (χ2v) is 9.08. The van der Waals surface area contributed by atoms with Gasteiger partial charge in [-0.15, -0.1) is 0 Å². The molecule has 0 bridgehead atoms. The number of aliphatic hydroxyl groups is 1. The molecule has 3 rings (SSSR count). The predicted octanol–water partition coefficient (Wildman–Crippen LogP) is 6.75. The molecule has 2 aromatic carbocycles. The van der Waals surface area contributed by atoms with E-state index in [2.05, 4.69) is 40.0 Å². The molecule has 0 fully saturated rings. The number of benzene rings is 2. The predicted molar refractivity (Wildman–Crippen MR) is 141 cm³/mol. The van der Waals surface area contributed by atoms with E-state index in [0.717, 1.165) is 36.1 Å². The van der Waals surface area contributed by atoms with E-state index < -0.39 is 0 Å². The molecule has 34 heavy (non-hydrogen) atoms. The van der Waals surface area contributed by atoms with E-state index in [1.54, 1.807) is 6.08 Å². The number of likely N-dealkylation sites (N-methyl/N-ethyl adjacent to an activating group) is 1. The molecule has 0 saturated carbocycles. The summed E-state index contributed by atoms with van der Waals surface area (Å²) in [5, 5.41) is 10.3. The fraction of sp³-hybridized carbons (Fsp3) is 0.357. The molecule has 1 aromatic heterocycles. The summed E-state index contributed by atoms with van der Waals surface area (Å²) in [5.74, 6) is 1.68. The average molecular weight is 480 g/mol. The summed E-state index contributed by atoms with van der Waals surface area (Å²) in [6, 6.07) is 12.0. The average Bonchev–Trinajstić information content (AvgIpc) is 2.83. The summed E-state index contributed by atoms with van der Waals surface area (Å²) in [6.45, 7) is 9.38. The Kier molecular flexibility index (Phi) is 9.08. The molecule has 0 spiro atoms. The van der Waals surface area contributed by atoms with Crippen LogP contribution in [0.25, 0.3) is 22.5 Å². The van der Waals surface area contributed by atoms with Crippen LogP contribution in [0.2, 0.25) is 5.02 Å². The van der Waals surface area contributed by atoms with Crippen molar-refractivity contribution in [3.05, 3.63) is 76.8 Å². The van der Waals surface area contributed by atoms with E-state index in [1.807, 2.05) is 58.4 Å². The molecule has 0 radical (unpaired) electrons. The fourth-order valence-corrected chi connectivity index (χ4v) is 4.15. The molecule has 1 N–H and O–H groups in total. The van der Waals surface area contributed by atoms with Crippen LogP contribution in [0.15, 0.2) is 60.6 Å². The fourth-order valence-electron chi connectivity index (χ4n) is 3.92. The monoisotopic (exact) mass is 479 g/mol. The quantitative estimate of drug-likeness (QED) is 0.326. The molecule has 0 aliphatic carbocycles. The number of allylic oxidation sites excluding steroid dienone is 1. The number of nitrogens with zero attached hydrogens (tertiary/aromatic N) is 3. The molecule has 180 valence electrons. The van der Waals surface area contributed by atoms with Gasteiger partial charge in [-0.1, -0.05) is 36.7 Å². The minimum atomic E-state index is 0.0585. The maximum atomic E-state index is 9.78. The van der Waals surface area contributed by atoms with Gasteiger partial charge in [-0.05, 0) is 81.6 Å². The summed E-state index contributed by atoms with van der Waals surface area (Å²) < 4.78 is 5.72. The molecule has 0 aliphatic heterocycles. The second-order valence-electron chi connectivity index (χ2n) is 8.67. The van der Waals surface area contributed by atoms with Gasteiger partial charge in [0.15, 0.2) is 5.82 Å². The number of hydrogen-bond acceptors (Lipinski definition) is 5. The van der Waals surface area contributed by atoms with E-state index in [9.17, 15) is 5.11 Å². The maximum absolute atomic E-state index is 9.78. The van der Waals surface area contributed by atoms with Gasteiger partial charge < -0.3 is 9.84 Å². The van der Waals surface area contributed by atoms with Gasteiger partial charge in [0.05, 0.1) is 17.7 Å². The van der Waals surface area contributed by atoms with Crippen molar-refractivity contribution in [2.45, 2.75) is 46.6 Å². The van der Waals surface area contributed by atoms with E-state index in [4.69, 9.17) is 16.3 Å². The summed E-state index contributed by atoms with van der Waals surface area (Å²) >= 11 is 6.39. The van der Waals surface area contributed by atoms with E-state index in [-0.39, 0.29) is 6.10 Å². The van der Waals surface area contributed by atoms with Crippen molar-refractivity contribution in [3.63, 3.8) is 0 Å². The third kappa shape index (κ3) is 6.58. The lowest BCUT2D eigenvalue weighted by atomic mass is 9.93. The Balaban J connectivity index is 1.80. The van der Waals surface area contributed by atoms with Crippen molar-refractivity contribution in [1.82, 2.24) is 14.9 Å². The molecule has 0 saturated heterocycles. The van der Waals surface area contributed by atoms with Crippen LogP contribution < -0.4 is 4.74 Å². The van der Waals surface area contributed by atoms with Gasteiger partial charge in [-0.3, -0.25) is 4.90 Å². The van der Waals surface area contributed by atoms with Gasteiger partial charge in [-0.25, -0.2) is 9.97 Å². The standard InChI is InChI=1S/C28H34ClN3O2/c1-6-23(33)18-32(5)14-13-20-9-8-10-25(24(20)7-2)22-16-30-28(31-17-22)21-11-12-27(26(29)15-21)34-19(3)4/h6,8-12,15-17,19,33H,7,13-14,18H2,1-5H3/b23-6+. The Morgan fingerprint density at radius 3 is 2.50 bits per heavy atom. The van der Waals surface area contributed by atoms with Gasteiger partial charge in [0.25, 0.3) is 0 Å². The summed E-state index contributed by atoms with van der Waals surface area (Å²) in [6.07, 6.45) is 7.38. The summed E-state index contributed by atoms with van der Waals surface area (Å²) in [4.78, 5) is 11.4.